The summed E-state index contributed by atoms with van der Waals surface area (Å²) in [6, 6.07) is 8.02. The molecular formula is C12H10NO5S. The normalized spacial score (nSPS) is 11.5. The lowest BCUT2D eigenvalue weighted by atomic mass is 10.1. The molecule has 0 atom stereocenters. The summed E-state index contributed by atoms with van der Waals surface area (Å²) in [6.07, 6.45) is 0. The summed E-state index contributed by atoms with van der Waals surface area (Å²) < 4.78 is 31.0. The molecule has 0 aliphatic heterocycles. The van der Waals surface area contributed by atoms with E-state index in [-0.39, 0.29) is 11.3 Å². The molecule has 0 saturated carbocycles. The lowest BCUT2D eigenvalue weighted by Crippen LogP contribution is -2.06. The van der Waals surface area contributed by atoms with Crippen molar-refractivity contribution in [1.82, 2.24) is 0 Å². The van der Waals surface area contributed by atoms with Crippen LogP contribution in [0.25, 0.3) is 10.8 Å². The number of nitrogens with one attached hydrogen (secondary N) is 1. The van der Waals surface area contributed by atoms with Gasteiger partial charge >= 0.3 is 0 Å². The van der Waals surface area contributed by atoms with E-state index in [0.29, 0.717) is 11.1 Å². The fourth-order valence-electron chi connectivity index (χ4n) is 1.74. The van der Waals surface area contributed by atoms with Gasteiger partial charge in [0.1, 0.15) is 10.6 Å². The van der Waals surface area contributed by atoms with Crippen LogP contribution in [0.1, 0.15) is 6.92 Å². The highest BCUT2D eigenvalue weighted by molar-refractivity contribution is 7.85. The molecule has 0 aromatic heterocycles. The number of amides is 1. The summed E-state index contributed by atoms with van der Waals surface area (Å²) in [5.41, 5.74) is 0.334. The van der Waals surface area contributed by atoms with Crippen molar-refractivity contribution in [1.29, 1.82) is 0 Å². The van der Waals surface area contributed by atoms with Crippen LogP contribution in [0.3, 0.4) is 0 Å². The number of carbonyl (C=O) groups is 1. The molecule has 2 rings (SSSR count). The fourth-order valence-corrected chi connectivity index (χ4v) is 2.25. The zero-order chi connectivity index (χ0) is 14.2. The Balaban J connectivity index is 2.76. The first-order valence-corrected chi connectivity index (χ1v) is 6.66. The second-order valence-electron chi connectivity index (χ2n) is 3.91. The molecule has 0 bridgehead atoms. The fraction of sp³-hybridized carbons (Fsp3) is 0.0833. The molecule has 7 heteroatoms. The maximum absolute atomic E-state index is 11.1. The molecule has 2 aromatic rings. The van der Waals surface area contributed by atoms with Crippen molar-refractivity contribution in [3.05, 3.63) is 30.3 Å². The Labute approximate surface area is 109 Å². The van der Waals surface area contributed by atoms with E-state index in [1.807, 2.05) is 0 Å². The van der Waals surface area contributed by atoms with E-state index >= 15 is 0 Å². The molecule has 1 radical (unpaired) electrons. The van der Waals surface area contributed by atoms with Crippen molar-refractivity contribution >= 4 is 32.5 Å². The topological polar surface area (TPSA) is 104 Å². The van der Waals surface area contributed by atoms with Crippen molar-refractivity contribution in [2.45, 2.75) is 11.8 Å². The van der Waals surface area contributed by atoms with Crippen LogP contribution in [0.15, 0.2) is 29.2 Å². The third kappa shape index (κ3) is 2.67. The van der Waals surface area contributed by atoms with E-state index in [1.54, 1.807) is 18.2 Å². The first kappa shape index (κ1) is 13.3. The number of phenolic OH excluding ortho intramolecular Hbond substituents is 1. The number of aromatic hydroxyl groups is 1. The summed E-state index contributed by atoms with van der Waals surface area (Å²) in [4.78, 5) is 10.5. The molecule has 0 unspecified atom stereocenters. The van der Waals surface area contributed by atoms with Crippen LogP contribution >= 0.6 is 0 Å². The molecule has 19 heavy (non-hydrogen) atoms. The third-order valence-corrected chi connectivity index (χ3v) is 3.23. The molecule has 0 aliphatic carbocycles. The minimum Gasteiger partial charge on any atom is -0.507 e. The summed E-state index contributed by atoms with van der Waals surface area (Å²) in [6.45, 7) is 1.31. The van der Waals surface area contributed by atoms with Gasteiger partial charge in [0.05, 0.1) is 11.8 Å². The Hall–Kier alpha value is -2.12. The number of carbonyl (C=O) groups excluding carboxylic acids is 1. The van der Waals surface area contributed by atoms with Crippen LogP contribution in [0.4, 0.5) is 5.69 Å². The molecule has 99 valence electrons. The molecule has 2 aromatic carbocycles. The van der Waals surface area contributed by atoms with Gasteiger partial charge in [0.2, 0.25) is 5.91 Å². The highest BCUT2D eigenvalue weighted by Crippen LogP contribution is 2.33. The quantitative estimate of drug-likeness (QED) is 0.724. The zero-order valence-corrected chi connectivity index (χ0v) is 10.7. The largest absolute Gasteiger partial charge is 0.507 e. The van der Waals surface area contributed by atoms with E-state index in [2.05, 4.69) is 11.4 Å². The van der Waals surface area contributed by atoms with E-state index < -0.39 is 20.8 Å². The summed E-state index contributed by atoms with van der Waals surface area (Å²) >= 11 is 0. The van der Waals surface area contributed by atoms with Crippen molar-refractivity contribution in [3.8, 4) is 5.75 Å². The molecule has 0 saturated heterocycles. The van der Waals surface area contributed by atoms with Crippen molar-refractivity contribution in [2.75, 3.05) is 5.32 Å². The first-order chi connectivity index (χ1) is 8.79. The Kier molecular flexibility index (Phi) is 3.17. The van der Waals surface area contributed by atoms with E-state index in [1.165, 1.54) is 6.92 Å². The van der Waals surface area contributed by atoms with Gasteiger partial charge in [-0.05, 0) is 17.5 Å². The predicted molar refractivity (Wildman–Crippen MR) is 68.6 cm³/mol. The van der Waals surface area contributed by atoms with E-state index in [0.717, 1.165) is 6.07 Å². The number of fused-ring (bicyclic) bond motifs is 1. The van der Waals surface area contributed by atoms with Gasteiger partial charge in [0.15, 0.2) is 0 Å². The highest BCUT2D eigenvalue weighted by Gasteiger charge is 2.15. The Morgan fingerprint density at radius 3 is 2.63 bits per heavy atom. The molecule has 1 amide bonds. The lowest BCUT2D eigenvalue weighted by Gasteiger charge is -2.09. The van der Waals surface area contributed by atoms with Crippen LogP contribution in [-0.2, 0) is 14.9 Å². The summed E-state index contributed by atoms with van der Waals surface area (Å²) in [5, 5.41) is 13.0. The molecule has 3 N–H and O–H groups in total. The number of phenols is 1. The van der Waals surface area contributed by atoms with Gasteiger partial charge in [-0.25, -0.2) is 0 Å². The average molecular weight is 280 g/mol. The van der Waals surface area contributed by atoms with Gasteiger partial charge in [-0.2, -0.15) is 8.42 Å². The van der Waals surface area contributed by atoms with Gasteiger partial charge in [0, 0.05) is 12.3 Å². The second-order valence-corrected chi connectivity index (χ2v) is 5.30. The van der Waals surface area contributed by atoms with Gasteiger partial charge in [-0.1, -0.05) is 12.1 Å². The summed E-state index contributed by atoms with van der Waals surface area (Å²) in [5.74, 6) is -0.791. The Morgan fingerprint density at radius 1 is 1.37 bits per heavy atom. The smallest absolute Gasteiger partial charge is 0.295 e. The third-order valence-electron chi connectivity index (χ3n) is 2.45. The van der Waals surface area contributed by atoms with Gasteiger partial charge in [-0.15, -0.1) is 0 Å². The van der Waals surface area contributed by atoms with Crippen molar-refractivity contribution in [3.63, 3.8) is 0 Å². The van der Waals surface area contributed by atoms with Crippen LogP contribution < -0.4 is 5.32 Å². The second kappa shape index (κ2) is 4.52. The lowest BCUT2D eigenvalue weighted by molar-refractivity contribution is -0.114. The number of anilines is 1. The number of hydrogen-bond acceptors (Lipinski definition) is 4. The molecule has 0 aliphatic rings. The minimum absolute atomic E-state index is 0.255. The molecule has 0 heterocycles. The minimum atomic E-state index is -4.46. The van der Waals surface area contributed by atoms with Crippen LogP contribution in [0.2, 0.25) is 0 Å². The standard InChI is InChI=1S/C12H10NO5S/c1-7(14)13-10-4-2-3-8-5-9(19(16,17)18)6-11(15)12(8)10/h2-5,15H,1H3,(H,13,14)(H,16,17,18). The predicted octanol–water partition coefficient (Wildman–Crippen LogP) is 1.55. The van der Waals surface area contributed by atoms with Crippen LogP contribution in [-0.4, -0.2) is 24.0 Å². The first-order valence-electron chi connectivity index (χ1n) is 5.22. The molecule has 0 spiro atoms. The van der Waals surface area contributed by atoms with Gasteiger partial charge in [0.25, 0.3) is 10.1 Å². The Morgan fingerprint density at radius 2 is 2.05 bits per heavy atom. The maximum atomic E-state index is 11.1. The van der Waals surface area contributed by atoms with E-state index in [9.17, 15) is 18.3 Å². The van der Waals surface area contributed by atoms with Gasteiger partial charge in [-0.3, -0.25) is 9.35 Å². The van der Waals surface area contributed by atoms with Crippen LogP contribution in [0.5, 0.6) is 5.75 Å². The average Bonchev–Trinajstić information content (AvgIpc) is 2.26. The zero-order valence-electron chi connectivity index (χ0n) is 9.84. The molecular weight excluding hydrogens is 270 g/mol. The number of benzene rings is 2. The van der Waals surface area contributed by atoms with E-state index in [4.69, 9.17) is 4.55 Å². The monoisotopic (exact) mass is 280 g/mol. The molecule has 6 nitrogen and oxygen atoms in total. The van der Waals surface area contributed by atoms with Crippen LogP contribution in [0, 0.1) is 6.07 Å². The maximum Gasteiger partial charge on any atom is 0.295 e. The van der Waals surface area contributed by atoms with Gasteiger partial charge < -0.3 is 10.4 Å². The Bertz CT molecular complexity index is 767. The van der Waals surface area contributed by atoms with Crippen molar-refractivity contribution < 1.29 is 22.9 Å². The number of rotatable bonds is 2. The van der Waals surface area contributed by atoms with Crippen molar-refractivity contribution in [2.24, 2.45) is 0 Å². The highest BCUT2D eigenvalue weighted by atomic mass is 32.2. The molecule has 0 fully saturated rings. The SMILES string of the molecule is CC(=O)Nc1cccc2cc(S(=O)(=O)O)[c]c(O)c12. The summed E-state index contributed by atoms with van der Waals surface area (Å²) in [7, 11) is -4.46. The number of hydrogen-bond donors (Lipinski definition) is 3.